The molecule has 1 aromatic heterocycles. The number of carbonyl (C=O) groups excluding carboxylic acids is 2. The lowest BCUT2D eigenvalue weighted by atomic mass is 10.2. The Bertz CT molecular complexity index is 415. The first-order valence-electron chi connectivity index (χ1n) is 5.37. The third-order valence-corrected chi connectivity index (χ3v) is 3.09. The molecule has 0 aliphatic rings. The molecule has 1 N–H and O–H groups in total. The van der Waals surface area contributed by atoms with Crippen molar-refractivity contribution in [2.45, 2.75) is 20.4 Å². The van der Waals surface area contributed by atoms with E-state index in [1.807, 2.05) is 13.8 Å². The van der Waals surface area contributed by atoms with Gasteiger partial charge >= 0.3 is 0 Å². The molecule has 1 aromatic rings. The van der Waals surface area contributed by atoms with Crippen molar-refractivity contribution in [1.82, 2.24) is 15.2 Å². The van der Waals surface area contributed by atoms with Crippen LogP contribution in [0.25, 0.3) is 0 Å². The number of nitrogens with zero attached hydrogens (tertiary/aromatic N) is 2. The zero-order chi connectivity index (χ0) is 13.0. The van der Waals surface area contributed by atoms with Crippen LogP contribution in [-0.4, -0.2) is 35.8 Å². The summed E-state index contributed by atoms with van der Waals surface area (Å²) in [4.78, 5) is 28.8. The van der Waals surface area contributed by atoms with E-state index in [0.717, 1.165) is 5.01 Å². The van der Waals surface area contributed by atoms with Gasteiger partial charge in [-0.2, -0.15) is 0 Å². The zero-order valence-electron chi connectivity index (χ0n) is 10.5. The highest BCUT2D eigenvalue weighted by molar-refractivity contribution is 7.09. The predicted molar refractivity (Wildman–Crippen MR) is 66.8 cm³/mol. The van der Waals surface area contributed by atoms with Crippen LogP contribution in [0.2, 0.25) is 0 Å². The lowest BCUT2D eigenvalue weighted by Crippen LogP contribution is -2.30. The van der Waals surface area contributed by atoms with E-state index in [0.29, 0.717) is 12.2 Å². The monoisotopic (exact) mass is 255 g/mol. The third kappa shape index (κ3) is 3.52. The molecule has 17 heavy (non-hydrogen) atoms. The Morgan fingerprint density at radius 1 is 1.53 bits per heavy atom. The molecule has 1 heterocycles. The molecule has 0 atom stereocenters. The van der Waals surface area contributed by atoms with Gasteiger partial charge in [0.05, 0.1) is 6.54 Å². The van der Waals surface area contributed by atoms with Gasteiger partial charge in [-0.05, 0) is 0 Å². The molecule has 0 aliphatic carbocycles. The van der Waals surface area contributed by atoms with Gasteiger partial charge < -0.3 is 10.2 Å². The molecule has 0 unspecified atom stereocenters. The van der Waals surface area contributed by atoms with E-state index in [-0.39, 0.29) is 17.7 Å². The highest BCUT2D eigenvalue weighted by Crippen LogP contribution is 2.13. The van der Waals surface area contributed by atoms with E-state index < -0.39 is 0 Å². The Morgan fingerprint density at radius 3 is 2.71 bits per heavy atom. The number of hydrogen-bond donors (Lipinski definition) is 1. The minimum absolute atomic E-state index is 0.0293. The lowest BCUT2D eigenvalue weighted by Gasteiger charge is -2.17. The molecule has 1 rings (SSSR count). The van der Waals surface area contributed by atoms with Crippen LogP contribution < -0.4 is 5.32 Å². The second kappa shape index (κ2) is 5.77. The standard InChI is InChI=1S/C11H17N3O2S/c1-7(2)11(16)14(4)5-9-13-8(6-17-9)10(15)12-3/h6-7H,5H2,1-4H3,(H,12,15). The minimum Gasteiger partial charge on any atom is -0.354 e. The molecule has 5 nitrogen and oxygen atoms in total. The van der Waals surface area contributed by atoms with Crippen molar-refractivity contribution in [2.24, 2.45) is 5.92 Å². The first-order chi connectivity index (χ1) is 7.95. The van der Waals surface area contributed by atoms with Crippen LogP contribution in [0, 0.1) is 5.92 Å². The lowest BCUT2D eigenvalue weighted by molar-refractivity contribution is -0.133. The molecule has 0 saturated carbocycles. The smallest absolute Gasteiger partial charge is 0.270 e. The first-order valence-corrected chi connectivity index (χ1v) is 6.25. The molecular formula is C11H17N3O2S. The van der Waals surface area contributed by atoms with Crippen LogP contribution in [-0.2, 0) is 11.3 Å². The number of thiazole rings is 1. The third-order valence-electron chi connectivity index (χ3n) is 2.25. The van der Waals surface area contributed by atoms with E-state index in [4.69, 9.17) is 0 Å². The summed E-state index contributed by atoms with van der Waals surface area (Å²) < 4.78 is 0. The molecule has 0 radical (unpaired) electrons. The quantitative estimate of drug-likeness (QED) is 0.877. The van der Waals surface area contributed by atoms with Gasteiger partial charge in [-0.3, -0.25) is 9.59 Å². The fourth-order valence-electron chi connectivity index (χ4n) is 1.34. The summed E-state index contributed by atoms with van der Waals surface area (Å²) in [5, 5.41) is 4.97. The summed E-state index contributed by atoms with van der Waals surface area (Å²) in [6.07, 6.45) is 0. The van der Waals surface area contributed by atoms with E-state index in [2.05, 4.69) is 10.3 Å². The number of carbonyl (C=O) groups is 2. The maximum Gasteiger partial charge on any atom is 0.270 e. The number of aromatic nitrogens is 1. The Balaban J connectivity index is 2.66. The van der Waals surface area contributed by atoms with Gasteiger partial charge in [0.2, 0.25) is 5.91 Å². The predicted octanol–water partition coefficient (Wildman–Crippen LogP) is 1.12. The normalized spacial score (nSPS) is 10.4. The molecule has 0 bridgehead atoms. The van der Waals surface area contributed by atoms with Gasteiger partial charge in [-0.15, -0.1) is 11.3 Å². The second-order valence-corrected chi connectivity index (χ2v) is 5.00. The average Bonchev–Trinajstić information content (AvgIpc) is 2.75. The Hall–Kier alpha value is -1.43. The molecule has 0 aromatic carbocycles. The number of rotatable bonds is 4. The Kier molecular flexibility index (Phi) is 4.62. The fourth-order valence-corrected chi connectivity index (χ4v) is 2.16. The highest BCUT2D eigenvalue weighted by atomic mass is 32.1. The van der Waals surface area contributed by atoms with Crippen molar-refractivity contribution < 1.29 is 9.59 Å². The van der Waals surface area contributed by atoms with Gasteiger partial charge in [0.15, 0.2) is 0 Å². The van der Waals surface area contributed by atoms with Crippen molar-refractivity contribution in [3.63, 3.8) is 0 Å². The number of hydrogen-bond acceptors (Lipinski definition) is 4. The minimum atomic E-state index is -0.203. The first kappa shape index (κ1) is 13.6. The summed E-state index contributed by atoms with van der Waals surface area (Å²) in [6.45, 7) is 4.16. The van der Waals surface area contributed by atoms with Crippen LogP contribution in [0.1, 0.15) is 29.3 Å². The number of amides is 2. The van der Waals surface area contributed by atoms with Crippen molar-refractivity contribution in [3.05, 3.63) is 16.1 Å². The molecule has 0 fully saturated rings. The van der Waals surface area contributed by atoms with Crippen molar-refractivity contribution in [3.8, 4) is 0 Å². The van der Waals surface area contributed by atoms with Crippen LogP contribution in [0.4, 0.5) is 0 Å². The zero-order valence-corrected chi connectivity index (χ0v) is 11.3. The van der Waals surface area contributed by atoms with E-state index >= 15 is 0 Å². The summed E-state index contributed by atoms with van der Waals surface area (Å²) in [5.41, 5.74) is 0.401. The highest BCUT2D eigenvalue weighted by Gasteiger charge is 2.15. The molecule has 2 amide bonds. The van der Waals surface area contributed by atoms with E-state index in [1.165, 1.54) is 11.3 Å². The molecular weight excluding hydrogens is 238 g/mol. The van der Waals surface area contributed by atoms with Gasteiger partial charge in [0.1, 0.15) is 10.7 Å². The Morgan fingerprint density at radius 2 is 2.18 bits per heavy atom. The van der Waals surface area contributed by atoms with Crippen LogP contribution in [0.3, 0.4) is 0 Å². The van der Waals surface area contributed by atoms with Crippen molar-refractivity contribution in [1.29, 1.82) is 0 Å². The van der Waals surface area contributed by atoms with Crippen LogP contribution >= 0.6 is 11.3 Å². The summed E-state index contributed by atoms with van der Waals surface area (Å²) >= 11 is 1.38. The molecule has 6 heteroatoms. The average molecular weight is 255 g/mol. The van der Waals surface area contributed by atoms with Crippen LogP contribution in [0.15, 0.2) is 5.38 Å². The molecule has 0 spiro atoms. The number of nitrogens with one attached hydrogen (secondary N) is 1. The largest absolute Gasteiger partial charge is 0.354 e. The molecule has 94 valence electrons. The van der Waals surface area contributed by atoms with Crippen LogP contribution in [0.5, 0.6) is 0 Å². The van der Waals surface area contributed by atoms with Crippen molar-refractivity contribution in [2.75, 3.05) is 14.1 Å². The fraction of sp³-hybridized carbons (Fsp3) is 0.545. The maximum absolute atomic E-state index is 11.7. The van der Waals surface area contributed by atoms with E-state index in [9.17, 15) is 9.59 Å². The van der Waals surface area contributed by atoms with Gasteiger partial charge in [0, 0.05) is 25.4 Å². The van der Waals surface area contributed by atoms with Gasteiger partial charge in [-0.1, -0.05) is 13.8 Å². The summed E-state index contributed by atoms with van der Waals surface area (Å²) in [6, 6.07) is 0. The molecule has 0 aliphatic heterocycles. The topological polar surface area (TPSA) is 62.3 Å². The molecule has 0 saturated heterocycles. The summed E-state index contributed by atoms with van der Waals surface area (Å²) in [5.74, 6) is -0.162. The Labute approximate surface area is 105 Å². The van der Waals surface area contributed by atoms with E-state index in [1.54, 1.807) is 24.4 Å². The van der Waals surface area contributed by atoms with Gasteiger partial charge in [-0.25, -0.2) is 4.98 Å². The second-order valence-electron chi connectivity index (χ2n) is 4.05. The SMILES string of the molecule is CNC(=O)c1csc(CN(C)C(=O)C(C)C)n1. The summed E-state index contributed by atoms with van der Waals surface area (Å²) in [7, 11) is 3.30. The van der Waals surface area contributed by atoms with Gasteiger partial charge in [0.25, 0.3) is 5.91 Å². The maximum atomic E-state index is 11.7. The van der Waals surface area contributed by atoms with Crippen molar-refractivity contribution >= 4 is 23.2 Å².